The van der Waals surface area contributed by atoms with Crippen LogP contribution in [0.5, 0.6) is 5.75 Å². The number of pyridine rings is 1. The Kier molecular flexibility index (Phi) is 6.61. The quantitative estimate of drug-likeness (QED) is 0.646. The lowest BCUT2D eigenvalue weighted by atomic mass is 9.91. The first-order valence-corrected chi connectivity index (χ1v) is 10.1. The first-order valence-electron chi connectivity index (χ1n) is 9.33. The third kappa shape index (κ3) is 4.74. The molecule has 1 aromatic heterocycles. The molecule has 6 heteroatoms. The van der Waals surface area contributed by atoms with Crippen LogP contribution >= 0.6 is 23.2 Å². The van der Waals surface area contributed by atoms with Crippen LogP contribution in [-0.4, -0.2) is 28.4 Å². The van der Waals surface area contributed by atoms with Crippen molar-refractivity contribution >= 4 is 29.1 Å². The molecule has 0 bridgehead atoms. The van der Waals surface area contributed by atoms with E-state index in [9.17, 15) is 4.79 Å². The zero-order valence-corrected chi connectivity index (χ0v) is 17.1. The van der Waals surface area contributed by atoms with Crippen molar-refractivity contribution in [3.05, 3.63) is 57.8 Å². The van der Waals surface area contributed by atoms with Gasteiger partial charge in [-0.3, -0.25) is 4.79 Å². The van der Waals surface area contributed by atoms with E-state index >= 15 is 0 Å². The summed E-state index contributed by atoms with van der Waals surface area (Å²) in [4.78, 5) is 19.4. The molecular weight excluding hydrogens is 383 g/mol. The molecule has 2 unspecified atom stereocenters. The lowest BCUT2D eigenvalue weighted by molar-refractivity contribution is 0.0550. The zero-order chi connectivity index (χ0) is 19.4. The molecule has 4 nitrogen and oxygen atoms in total. The van der Waals surface area contributed by atoms with E-state index in [1.807, 2.05) is 17.0 Å². The number of piperidine rings is 1. The van der Waals surface area contributed by atoms with Gasteiger partial charge in [-0.1, -0.05) is 48.7 Å². The van der Waals surface area contributed by atoms with E-state index in [0.717, 1.165) is 19.4 Å². The third-order valence-corrected chi connectivity index (χ3v) is 5.72. The number of halogens is 2. The Morgan fingerprint density at radius 2 is 1.89 bits per heavy atom. The van der Waals surface area contributed by atoms with Gasteiger partial charge < -0.3 is 9.64 Å². The van der Waals surface area contributed by atoms with Crippen LogP contribution in [0.25, 0.3) is 0 Å². The summed E-state index contributed by atoms with van der Waals surface area (Å²) in [5.74, 6) is 0.979. The highest BCUT2D eigenvalue weighted by atomic mass is 35.5. The molecule has 1 aliphatic rings. The van der Waals surface area contributed by atoms with E-state index in [1.54, 1.807) is 24.3 Å². The van der Waals surface area contributed by atoms with Gasteiger partial charge in [0.1, 0.15) is 12.3 Å². The number of ether oxygens (including phenoxy) is 1. The van der Waals surface area contributed by atoms with Gasteiger partial charge in [-0.2, -0.15) is 0 Å². The molecule has 1 saturated heterocycles. The molecule has 1 aliphatic heterocycles. The van der Waals surface area contributed by atoms with Crippen LogP contribution in [0, 0.1) is 5.92 Å². The fourth-order valence-corrected chi connectivity index (χ4v) is 3.90. The number of nitrogens with zero attached hydrogens (tertiary/aromatic N) is 2. The van der Waals surface area contributed by atoms with Crippen LogP contribution in [0.15, 0.2) is 36.4 Å². The predicted octanol–water partition coefficient (Wildman–Crippen LogP) is 5.62. The van der Waals surface area contributed by atoms with Crippen molar-refractivity contribution in [2.75, 3.05) is 6.54 Å². The normalized spacial score (nSPS) is 19.8. The maximum atomic E-state index is 13.0. The van der Waals surface area contributed by atoms with Crippen LogP contribution in [-0.2, 0) is 6.61 Å². The van der Waals surface area contributed by atoms with E-state index in [1.165, 1.54) is 6.42 Å². The number of hydrogen-bond acceptors (Lipinski definition) is 3. The van der Waals surface area contributed by atoms with Gasteiger partial charge in [-0.15, -0.1) is 0 Å². The minimum Gasteiger partial charge on any atom is -0.484 e. The topological polar surface area (TPSA) is 42.4 Å². The van der Waals surface area contributed by atoms with Gasteiger partial charge in [-0.05, 0) is 49.9 Å². The Labute approximate surface area is 170 Å². The zero-order valence-electron chi connectivity index (χ0n) is 15.6. The molecular formula is C21H24Cl2N2O2. The maximum Gasteiger partial charge on any atom is 0.272 e. The molecule has 1 fully saturated rings. The molecule has 1 amide bonds. The molecule has 0 saturated carbocycles. The second-order valence-electron chi connectivity index (χ2n) is 7.01. The average molecular weight is 407 g/mol. The number of aromatic nitrogens is 1. The van der Waals surface area contributed by atoms with E-state index in [4.69, 9.17) is 27.9 Å². The van der Waals surface area contributed by atoms with Gasteiger partial charge in [0.25, 0.3) is 5.91 Å². The first-order chi connectivity index (χ1) is 13.0. The van der Waals surface area contributed by atoms with Crippen LogP contribution in [0.3, 0.4) is 0 Å². The monoisotopic (exact) mass is 406 g/mol. The largest absolute Gasteiger partial charge is 0.484 e. The minimum absolute atomic E-state index is 0.0155. The summed E-state index contributed by atoms with van der Waals surface area (Å²) >= 11 is 12.3. The third-order valence-electron chi connectivity index (χ3n) is 5.13. The number of rotatable bonds is 5. The number of hydrogen-bond donors (Lipinski definition) is 0. The van der Waals surface area contributed by atoms with E-state index in [-0.39, 0.29) is 18.6 Å². The van der Waals surface area contributed by atoms with Crippen molar-refractivity contribution < 1.29 is 9.53 Å². The van der Waals surface area contributed by atoms with Gasteiger partial charge in [0.05, 0.1) is 15.7 Å². The van der Waals surface area contributed by atoms with Crippen molar-refractivity contribution in [3.63, 3.8) is 0 Å². The van der Waals surface area contributed by atoms with Crippen LogP contribution in [0.4, 0.5) is 0 Å². The molecule has 2 heterocycles. The van der Waals surface area contributed by atoms with E-state index in [2.05, 4.69) is 18.8 Å². The molecule has 0 aliphatic carbocycles. The molecule has 3 rings (SSSR count). The second-order valence-corrected chi connectivity index (χ2v) is 7.83. The molecule has 2 atom stereocenters. The van der Waals surface area contributed by atoms with Crippen molar-refractivity contribution in [1.29, 1.82) is 0 Å². The van der Waals surface area contributed by atoms with Gasteiger partial charge in [0.15, 0.2) is 5.75 Å². The van der Waals surface area contributed by atoms with Crippen molar-refractivity contribution in [1.82, 2.24) is 9.88 Å². The molecule has 0 radical (unpaired) electrons. The highest BCUT2D eigenvalue weighted by Crippen LogP contribution is 2.33. The highest BCUT2D eigenvalue weighted by molar-refractivity contribution is 6.37. The van der Waals surface area contributed by atoms with Crippen LogP contribution in [0.2, 0.25) is 10.0 Å². The summed E-state index contributed by atoms with van der Waals surface area (Å²) in [5.41, 5.74) is 1.11. The van der Waals surface area contributed by atoms with E-state index < -0.39 is 0 Å². The molecule has 144 valence electrons. The van der Waals surface area contributed by atoms with Gasteiger partial charge in [0.2, 0.25) is 0 Å². The standard InChI is InChI=1S/C21H24Cl2N2O2/c1-3-15-11-10-14(2)25(12-15)21(26)19-9-4-6-16(24-19)13-27-20-17(22)7-5-8-18(20)23/h4-9,14-15H,3,10-13H2,1-2H3. The van der Waals surface area contributed by atoms with Gasteiger partial charge in [0, 0.05) is 12.6 Å². The molecule has 2 aromatic rings. The molecule has 27 heavy (non-hydrogen) atoms. The molecule has 0 spiro atoms. The summed E-state index contributed by atoms with van der Waals surface area (Å²) in [7, 11) is 0. The number of amides is 1. The smallest absolute Gasteiger partial charge is 0.272 e. The Balaban J connectivity index is 1.72. The van der Waals surface area contributed by atoms with Crippen LogP contribution in [0.1, 0.15) is 49.3 Å². The summed E-state index contributed by atoms with van der Waals surface area (Å²) in [5, 5.41) is 0.893. The van der Waals surface area contributed by atoms with Crippen LogP contribution < -0.4 is 4.74 Å². The number of benzene rings is 1. The maximum absolute atomic E-state index is 13.0. The fraction of sp³-hybridized carbons (Fsp3) is 0.429. The summed E-state index contributed by atoms with van der Waals surface area (Å²) in [6, 6.07) is 10.9. The van der Waals surface area contributed by atoms with Crippen molar-refractivity contribution in [3.8, 4) is 5.75 Å². The number of carbonyl (C=O) groups excluding carboxylic acids is 1. The highest BCUT2D eigenvalue weighted by Gasteiger charge is 2.29. The first kappa shape index (κ1) is 20.0. The number of para-hydroxylation sites is 1. The SMILES string of the molecule is CCC1CCC(C)N(C(=O)c2cccc(COc3c(Cl)cccc3Cl)n2)C1. The lowest BCUT2D eigenvalue weighted by Crippen LogP contribution is -2.45. The summed E-state index contributed by atoms with van der Waals surface area (Å²) < 4.78 is 5.74. The molecule has 1 aromatic carbocycles. The Morgan fingerprint density at radius 3 is 2.59 bits per heavy atom. The minimum atomic E-state index is -0.0155. The average Bonchev–Trinajstić information content (AvgIpc) is 2.68. The Hall–Kier alpha value is -1.78. The molecule has 0 N–H and O–H groups in total. The number of likely N-dealkylation sites (tertiary alicyclic amines) is 1. The lowest BCUT2D eigenvalue weighted by Gasteiger charge is -2.37. The van der Waals surface area contributed by atoms with Crippen molar-refractivity contribution in [2.24, 2.45) is 5.92 Å². The summed E-state index contributed by atoms with van der Waals surface area (Å²) in [6.45, 7) is 5.28. The number of carbonyl (C=O) groups is 1. The van der Waals surface area contributed by atoms with Gasteiger partial charge >= 0.3 is 0 Å². The second kappa shape index (κ2) is 8.94. The fourth-order valence-electron chi connectivity index (χ4n) is 3.39. The Morgan fingerprint density at radius 1 is 1.19 bits per heavy atom. The predicted molar refractivity (Wildman–Crippen MR) is 109 cm³/mol. The van der Waals surface area contributed by atoms with Crippen molar-refractivity contribution in [2.45, 2.75) is 45.8 Å². The van der Waals surface area contributed by atoms with Gasteiger partial charge in [-0.25, -0.2) is 4.98 Å². The Bertz CT molecular complexity index is 792. The van der Waals surface area contributed by atoms with E-state index in [0.29, 0.717) is 33.1 Å². The summed E-state index contributed by atoms with van der Waals surface area (Å²) in [6.07, 6.45) is 3.32.